The third kappa shape index (κ3) is 11.9. The zero-order chi connectivity index (χ0) is 44.9. The Balaban J connectivity index is 0.818. The molecule has 0 bridgehead atoms. The number of halogens is 2. The molecule has 12 heteroatoms. The largest absolute Gasteiger partial charge is 0.493 e. The number of carbonyl (C=O) groups is 2. The fourth-order valence-corrected chi connectivity index (χ4v) is 8.25. The third-order valence-electron chi connectivity index (χ3n) is 12.9. The predicted molar refractivity (Wildman–Crippen MR) is 239 cm³/mol. The highest BCUT2D eigenvalue weighted by Gasteiger charge is 2.38. The first kappa shape index (κ1) is 47.1. The van der Waals surface area contributed by atoms with E-state index in [1.165, 1.54) is 24.3 Å². The zero-order valence-corrected chi connectivity index (χ0v) is 37.5. The lowest BCUT2D eigenvalue weighted by Gasteiger charge is -2.40. The second-order valence-corrected chi connectivity index (χ2v) is 17.6. The highest BCUT2D eigenvalue weighted by molar-refractivity contribution is 5.93. The van der Waals surface area contributed by atoms with Crippen LogP contribution in [0.2, 0.25) is 0 Å². The number of unbranched alkanes of at least 4 members (excludes halogenated alkanes) is 6. The van der Waals surface area contributed by atoms with E-state index >= 15 is 8.78 Å². The SMILES string of the molecule is CCC1(COCCCCCCOc2ccc(C(=O)Oc3ccc4c(c3)C(C)c3cc(OC(=O)c5ccc(OCCCCCCOCC6(CC)COC6)cc5F)ccc3-4)c(F)c2)COC1. The fraction of sp³-hybridized carbons (Fsp3) is 0.500. The van der Waals surface area contributed by atoms with Crippen molar-refractivity contribution >= 4 is 11.9 Å². The first-order chi connectivity index (χ1) is 31.1. The monoisotopic (exact) mass is 884 g/mol. The van der Waals surface area contributed by atoms with Gasteiger partial charge in [0.1, 0.15) is 34.6 Å². The fourth-order valence-electron chi connectivity index (χ4n) is 8.25. The lowest BCUT2D eigenvalue weighted by molar-refractivity contribution is -0.150. The van der Waals surface area contributed by atoms with E-state index in [4.69, 9.17) is 37.9 Å². The number of rotatable bonds is 26. The van der Waals surface area contributed by atoms with E-state index in [1.54, 1.807) is 36.4 Å². The van der Waals surface area contributed by atoms with Gasteiger partial charge in [-0.1, -0.05) is 45.7 Å². The summed E-state index contributed by atoms with van der Waals surface area (Å²) in [6, 6.07) is 18.9. The molecule has 2 heterocycles. The van der Waals surface area contributed by atoms with Crippen LogP contribution in [0.25, 0.3) is 11.1 Å². The smallest absolute Gasteiger partial charge is 0.346 e. The van der Waals surface area contributed by atoms with Crippen LogP contribution >= 0.6 is 0 Å². The zero-order valence-electron chi connectivity index (χ0n) is 37.5. The Labute approximate surface area is 375 Å². The molecule has 0 atom stereocenters. The van der Waals surface area contributed by atoms with Gasteiger partial charge in [0.05, 0.1) is 64.0 Å². The van der Waals surface area contributed by atoms with Gasteiger partial charge in [-0.2, -0.15) is 0 Å². The van der Waals surface area contributed by atoms with Crippen LogP contribution in [0.4, 0.5) is 8.78 Å². The van der Waals surface area contributed by atoms with Gasteiger partial charge in [-0.25, -0.2) is 18.4 Å². The number of esters is 2. The topological polar surface area (TPSA) is 108 Å². The normalized spacial score (nSPS) is 15.7. The highest BCUT2D eigenvalue weighted by atomic mass is 19.1. The van der Waals surface area contributed by atoms with Crippen molar-refractivity contribution in [3.63, 3.8) is 0 Å². The molecular formula is C52H62F2O10. The first-order valence-corrected chi connectivity index (χ1v) is 23.0. The summed E-state index contributed by atoms with van der Waals surface area (Å²) in [5, 5.41) is 0. The van der Waals surface area contributed by atoms with Gasteiger partial charge in [0.25, 0.3) is 0 Å². The van der Waals surface area contributed by atoms with Gasteiger partial charge >= 0.3 is 11.9 Å². The average molecular weight is 885 g/mol. The van der Waals surface area contributed by atoms with E-state index in [0.717, 1.165) is 139 Å². The number of fused-ring (bicyclic) bond motifs is 3. The number of hydrogen-bond acceptors (Lipinski definition) is 10. The van der Waals surface area contributed by atoms with E-state index < -0.39 is 23.6 Å². The lowest BCUT2D eigenvalue weighted by Crippen LogP contribution is -2.45. The van der Waals surface area contributed by atoms with Crippen LogP contribution < -0.4 is 18.9 Å². The molecule has 0 aromatic heterocycles. The third-order valence-corrected chi connectivity index (χ3v) is 12.9. The molecular weight excluding hydrogens is 823 g/mol. The molecule has 344 valence electrons. The average Bonchev–Trinajstić information content (AvgIpc) is 3.53. The van der Waals surface area contributed by atoms with Gasteiger partial charge in [0.2, 0.25) is 0 Å². The molecule has 0 unspecified atom stereocenters. The molecule has 0 radical (unpaired) electrons. The Bertz CT molecular complexity index is 2040. The van der Waals surface area contributed by atoms with Gasteiger partial charge in [-0.15, -0.1) is 0 Å². The Morgan fingerprint density at radius 3 is 1.30 bits per heavy atom. The van der Waals surface area contributed by atoms with Crippen LogP contribution in [0.5, 0.6) is 23.0 Å². The first-order valence-electron chi connectivity index (χ1n) is 23.0. The van der Waals surface area contributed by atoms with E-state index in [9.17, 15) is 9.59 Å². The maximum atomic E-state index is 15.1. The van der Waals surface area contributed by atoms with E-state index in [0.29, 0.717) is 24.7 Å². The number of hydrogen-bond donors (Lipinski definition) is 0. The van der Waals surface area contributed by atoms with Gasteiger partial charge in [-0.3, -0.25) is 0 Å². The standard InChI is InChI=1S/C52H62F2O10/c1-4-51(32-59-33-51)30-57-22-10-6-8-12-24-61-37-14-20-43(47(53)28-37)49(55)63-39-16-18-41-42-19-17-40(27-46(42)36(3)45(41)26-39)64-50(56)44-21-15-38(29-48(44)54)62-25-13-9-7-11-23-58-31-52(5-2)34-60-35-52/h14-21,26-29,36H,4-13,22-25,30-35H2,1-3H3. The van der Waals surface area contributed by atoms with Crippen LogP contribution in [0.15, 0.2) is 72.8 Å². The number of benzene rings is 4. The molecule has 3 aliphatic rings. The van der Waals surface area contributed by atoms with Crippen molar-refractivity contribution in [1.29, 1.82) is 0 Å². The second kappa shape index (κ2) is 22.3. The van der Waals surface area contributed by atoms with Crippen LogP contribution in [0.1, 0.15) is 123 Å². The maximum absolute atomic E-state index is 15.1. The summed E-state index contributed by atoms with van der Waals surface area (Å²) in [6.07, 6.45) is 9.73. The molecule has 2 saturated heterocycles. The van der Waals surface area contributed by atoms with Crippen molar-refractivity contribution in [2.45, 2.75) is 90.9 Å². The predicted octanol–water partition coefficient (Wildman–Crippen LogP) is 11.3. The quantitative estimate of drug-likeness (QED) is 0.0344. The molecule has 64 heavy (non-hydrogen) atoms. The van der Waals surface area contributed by atoms with Gasteiger partial charge < -0.3 is 37.9 Å². The summed E-state index contributed by atoms with van der Waals surface area (Å²) in [6.45, 7) is 13.3. The molecule has 4 aromatic rings. The molecule has 4 aromatic carbocycles. The molecule has 0 N–H and O–H groups in total. The molecule has 0 spiro atoms. The molecule has 0 saturated carbocycles. The van der Waals surface area contributed by atoms with Crippen molar-refractivity contribution < 1.29 is 56.3 Å². The Morgan fingerprint density at radius 2 is 0.938 bits per heavy atom. The lowest BCUT2D eigenvalue weighted by atomic mass is 9.84. The molecule has 7 rings (SSSR count). The van der Waals surface area contributed by atoms with Crippen molar-refractivity contribution in [1.82, 2.24) is 0 Å². The summed E-state index contributed by atoms with van der Waals surface area (Å²) in [5.74, 6) is -2.01. The van der Waals surface area contributed by atoms with E-state index in [-0.39, 0.29) is 39.4 Å². The second-order valence-electron chi connectivity index (χ2n) is 17.6. The molecule has 0 amide bonds. The summed E-state index contributed by atoms with van der Waals surface area (Å²) in [5.41, 5.74) is 3.67. The number of carbonyl (C=O) groups excluding carboxylic acids is 2. The van der Waals surface area contributed by atoms with E-state index in [1.807, 2.05) is 19.1 Å². The van der Waals surface area contributed by atoms with Crippen LogP contribution in [-0.4, -0.2) is 78.0 Å². The minimum Gasteiger partial charge on any atom is -0.493 e. The van der Waals surface area contributed by atoms with Crippen LogP contribution in [0, 0.1) is 22.5 Å². The van der Waals surface area contributed by atoms with Crippen molar-refractivity contribution in [3.8, 4) is 34.1 Å². The summed E-state index contributed by atoms with van der Waals surface area (Å²) in [4.78, 5) is 26.2. The molecule has 10 nitrogen and oxygen atoms in total. The van der Waals surface area contributed by atoms with Crippen LogP contribution in [-0.2, 0) is 18.9 Å². The summed E-state index contributed by atoms with van der Waals surface area (Å²) < 4.78 is 75.4. The van der Waals surface area contributed by atoms with Crippen LogP contribution in [0.3, 0.4) is 0 Å². The van der Waals surface area contributed by atoms with Crippen molar-refractivity contribution in [2.24, 2.45) is 10.8 Å². The molecule has 2 fully saturated rings. The highest BCUT2D eigenvalue weighted by Crippen LogP contribution is 2.47. The summed E-state index contributed by atoms with van der Waals surface area (Å²) in [7, 11) is 0. The molecule has 1 aliphatic carbocycles. The van der Waals surface area contributed by atoms with Gasteiger partial charge in [0, 0.05) is 42.1 Å². The molecule has 2 aliphatic heterocycles. The summed E-state index contributed by atoms with van der Waals surface area (Å²) >= 11 is 0. The minimum atomic E-state index is -0.821. The van der Waals surface area contributed by atoms with Crippen molar-refractivity contribution in [3.05, 3.63) is 107 Å². The Kier molecular flexibility index (Phi) is 16.4. The maximum Gasteiger partial charge on any atom is 0.346 e. The number of ether oxygens (including phenoxy) is 8. The van der Waals surface area contributed by atoms with Gasteiger partial charge in [-0.05, 0) is 122 Å². The Morgan fingerprint density at radius 1 is 0.547 bits per heavy atom. The van der Waals surface area contributed by atoms with Gasteiger partial charge in [0.15, 0.2) is 0 Å². The Hall–Kier alpha value is -4.88. The van der Waals surface area contributed by atoms with Crippen molar-refractivity contribution in [2.75, 3.05) is 66.1 Å². The van der Waals surface area contributed by atoms with E-state index in [2.05, 4.69) is 13.8 Å². The minimum absolute atomic E-state index is 0.146.